The zero-order chi connectivity index (χ0) is 34.2. The van der Waals surface area contributed by atoms with E-state index < -0.39 is 47.8 Å². The molecule has 4 rings (SSSR count). The fourth-order valence-corrected chi connectivity index (χ4v) is 7.06. The van der Waals surface area contributed by atoms with Gasteiger partial charge in [0.2, 0.25) is 5.03 Å². The minimum atomic E-state index is -5.19. The number of fused-ring (bicyclic) bond motifs is 1. The van der Waals surface area contributed by atoms with Gasteiger partial charge in [0.25, 0.3) is 17.6 Å². The maximum Gasteiger partial charge on any atom is 0.430 e. The Hall–Kier alpha value is -3.63. The van der Waals surface area contributed by atoms with Gasteiger partial charge in [-0.2, -0.15) is 26.5 Å². The summed E-state index contributed by atoms with van der Waals surface area (Å²) in [6.45, 7) is -0.185. The molecule has 13 nitrogen and oxygen atoms in total. The molecule has 2 aliphatic rings. The maximum atomic E-state index is 13.1. The molecule has 2 aromatic rings. The summed E-state index contributed by atoms with van der Waals surface area (Å²) in [6.07, 6.45) is -3.31. The van der Waals surface area contributed by atoms with Crippen LogP contribution in [0.15, 0.2) is 50.6 Å². The number of carboxylic acids is 2. The number of alkyl halides is 5. The average Bonchev–Trinajstić information content (AvgIpc) is 3.41. The van der Waals surface area contributed by atoms with E-state index in [1.165, 1.54) is 33.8 Å². The van der Waals surface area contributed by atoms with E-state index in [1.54, 1.807) is 0 Å². The molecule has 46 heavy (non-hydrogen) atoms. The number of thiazole rings is 1. The number of carboxylic acid groups (broad SMARTS) is 2. The molecular weight excluding hydrogens is 708 g/mol. The molecule has 250 valence electrons. The van der Waals surface area contributed by atoms with Gasteiger partial charge in [-0.1, -0.05) is 28.7 Å². The fraction of sp³-hybridized carbons (Fsp3) is 0.375. The van der Waals surface area contributed by atoms with Crippen molar-refractivity contribution in [2.24, 2.45) is 12.2 Å². The number of thioether (sulfide) groups is 3. The normalized spacial score (nSPS) is 17.9. The molecule has 0 aromatic carbocycles. The van der Waals surface area contributed by atoms with Crippen LogP contribution in [0.2, 0.25) is 0 Å². The lowest BCUT2D eigenvalue weighted by Crippen LogP contribution is -2.73. The summed E-state index contributed by atoms with van der Waals surface area (Å²) in [7, 11) is 1.88. The van der Waals surface area contributed by atoms with E-state index in [9.17, 15) is 41.4 Å². The van der Waals surface area contributed by atoms with Gasteiger partial charge in [-0.05, 0) is 6.07 Å². The number of oxime groups is 1. The number of hydrogen-bond acceptors (Lipinski definition) is 13. The highest BCUT2D eigenvalue weighted by Crippen LogP contribution is 2.41. The molecule has 0 radical (unpaired) electrons. The molecule has 2 aliphatic heterocycles. The first-order valence-corrected chi connectivity index (χ1v) is 16.4. The van der Waals surface area contributed by atoms with Crippen LogP contribution in [0.3, 0.4) is 0 Å². The second kappa shape index (κ2) is 16.3. The number of anilines is 1. The Morgan fingerprint density at radius 2 is 2.04 bits per heavy atom. The topological polar surface area (TPSA) is 191 Å². The number of aromatic nitrogens is 2. The van der Waals surface area contributed by atoms with Crippen LogP contribution in [0.4, 0.5) is 27.1 Å². The summed E-state index contributed by atoms with van der Waals surface area (Å²) in [5, 5.41) is 27.6. The number of aryl methyl sites for hydroxylation is 1. The van der Waals surface area contributed by atoms with E-state index in [0.29, 0.717) is 28.2 Å². The Morgan fingerprint density at radius 3 is 2.61 bits per heavy atom. The smallest absolute Gasteiger partial charge is 0.430 e. The fourth-order valence-electron chi connectivity index (χ4n) is 3.76. The molecule has 22 heteroatoms. The number of amides is 2. The van der Waals surface area contributed by atoms with Gasteiger partial charge >= 0.3 is 12.1 Å². The number of nitrogen functional groups attached to an aromatic ring is 1. The number of nitrogens with zero attached hydrogens (tertiary/aromatic N) is 4. The first kappa shape index (κ1) is 36.8. The summed E-state index contributed by atoms with van der Waals surface area (Å²) in [4.78, 5) is 57.9. The van der Waals surface area contributed by atoms with E-state index in [0.717, 1.165) is 16.4 Å². The molecule has 0 aliphatic carbocycles. The quantitative estimate of drug-likeness (QED) is 0.0536. The highest BCUT2D eigenvalue weighted by atomic mass is 32.2. The number of aliphatic carboxylic acids is 2. The first-order valence-electron chi connectivity index (χ1n) is 12.5. The summed E-state index contributed by atoms with van der Waals surface area (Å²) < 4.78 is 58.1. The second-order valence-electron chi connectivity index (χ2n) is 8.81. The molecule has 0 spiro atoms. The molecule has 0 bridgehead atoms. The largest absolute Gasteiger partial charge is 0.542 e. The third-order valence-corrected chi connectivity index (χ3v) is 9.64. The van der Waals surface area contributed by atoms with E-state index in [2.05, 4.69) is 15.5 Å². The molecule has 2 unspecified atom stereocenters. The number of rotatable bonds is 12. The van der Waals surface area contributed by atoms with Crippen molar-refractivity contribution in [3.8, 4) is 0 Å². The van der Waals surface area contributed by atoms with Gasteiger partial charge in [-0.3, -0.25) is 14.5 Å². The SMILES string of the molecule is C[n+]1ccccc1SCC1=C(C(=O)O)N2C(=O)C(NC(=O)C(=NOCCSC(F)F)c3csc(N)n3)C2CS1.O=C([O-])C(F)(F)F. The van der Waals surface area contributed by atoms with Crippen LogP contribution >= 0.6 is 46.6 Å². The predicted octanol–water partition coefficient (Wildman–Crippen LogP) is 1.06. The minimum Gasteiger partial charge on any atom is -0.542 e. The van der Waals surface area contributed by atoms with Crippen molar-refractivity contribution in [1.82, 2.24) is 15.2 Å². The van der Waals surface area contributed by atoms with Crippen LogP contribution in [0.5, 0.6) is 0 Å². The van der Waals surface area contributed by atoms with Gasteiger partial charge in [-0.25, -0.2) is 9.78 Å². The lowest BCUT2D eigenvalue weighted by atomic mass is 9.94. The number of nitrogens with one attached hydrogen (secondary N) is 1. The number of β-lactam (4-membered cyclic amide) rings is 1. The third-order valence-electron chi connectivity index (χ3n) is 5.79. The summed E-state index contributed by atoms with van der Waals surface area (Å²) in [5.74, 6) is -7.47. The van der Waals surface area contributed by atoms with Crippen LogP contribution in [-0.4, -0.2) is 92.3 Å². The zero-order valence-corrected chi connectivity index (χ0v) is 26.5. The van der Waals surface area contributed by atoms with Crippen molar-refractivity contribution in [1.29, 1.82) is 0 Å². The van der Waals surface area contributed by atoms with Gasteiger partial charge in [0.15, 0.2) is 17.0 Å². The van der Waals surface area contributed by atoms with E-state index >= 15 is 0 Å². The summed E-state index contributed by atoms with van der Waals surface area (Å²) >= 11 is 4.20. The van der Waals surface area contributed by atoms with Crippen molar-refractivity contribution < 1.29 is 60.7 Å². The van der Waals surface area contributed by atoms with Gasteiger partial charge in [0.05, 0.1) is 6.04 Å². The monoisotopic (exact) mass is 730 g/mol. The molecule has 1 saturated heterocycles. The molecular formula is C24H23F5N6O7S4. The lowest BCUT2D eigenvalue weighted by molar-refractivity contribution is -0.708. The molecule has 4 heterocycles. The van der Waals surface area contributed by atoms with Crippen LogP contribution < -0.4 is 20.7 Å². The maximum absolute atomic E-state index is 13.1. The van der Waals surface area contributed by atoms with Crippen LogP contribution in [-0.2, 0) is 31.1 Å². The summed E-state index contributed by atoms with van der Waals surface area (Å²) in [5.41, 5.74) is 5.39. The van der Waals surface area contributed by atoms with Crippen molar-refractivity contribution in [3.05, 3.63) is 46.1 Å². The molecule has 1 fully saturated rings. The highest BCUT2D eigenvalue weighted by molar-refractivity contribution is 8.06. The average molecular weight is 731 g/mol. The van der Waals surface area contributed by atoms with Crippen molar-refractivity contribution in [2.75, 3.05) is 29.6 Å². The second-order valence-corrected chi connectivity index (χ2v) is 12.9. The minimum absolute atomic E-state index is 0.0575. The number of hydrogen-bond donors (Lipinski definition) is 3. The molecule has 2 atom stereocenters. The molecule has 2 aromatic heterocycles. The standard InChI is InChI=1S/C22H22F2N6O5S4.C2HF3O2/c1-29-5-3-2-4-14(29)38-10-13-17(20(33)34)30-12(9-37-13)16(19(30)32)27-18(31)15(11-8-39-22(25)26-11)28-35-6-7-36-21(23)24;3-2(4,5)1(6)7/h2-5,8,12,16,21H,6-7,9-10H2,1H3,(H3-,25,26,27,31,33,34);(H,6,7). The van der Waals surface area contributed by atoms with Crippen molar-refractivity contribution >= 4 is 81.2 Å². The molecule has 4 N–H and O–H groups in total. The Kier molecular flexibility index (Phi) is 13.0. The number of carbonyl (C=O) groups is 4. The summed E-state index contributed by atoms with van der Waals surface area (Å²) in [6, 6.07) is 4.12. The van der Waals surface area contributed by atoms with E-state index in [-0.39, 0.29) is 34.6 Å². The van der Waals surface area contributed by atoms with Crippen LogP contribution in [0.25, 0.3) is 0 Å². The Labute approximate surface area is 273 Å². The van der Waals surface area contributed by atoms with E-state index in [1.807, 2.05) is 36.0 Å². The number of pyridine rings is 1. The van der Waals surface area contributed by atoms with Gasteiger partial charge in [0.1, 0.15) is 37.1 Å². The number of halogens is 5. The van der Waals surface area contributed by atoms with Crippen LogP contribution in [0, 0.1) is 0 Å². The lowest BCUT2D eigenvalue weighted by Gasteiger charge is -2.49. The highest BCUT2D eigenvalue weighted by Gasteiger charge is 2.54. The van der Waals surface area contributed by atoms with Gasteiger partial charge < -0.3 is 30.9 Å². The van der Waals surface area contributed by atoms with Gasteiger partial charge in [-0.15, -0.1) is 23.1 Å². The van der Waals surface area contributed by atoms with Crippen LogP contribution in [0.1, 0.15) is 5.69 Å². The Morgan fingerprint density at radius 1 is 1.35 bits per heavy atom. The molecule has 2 amide bonds. The van der Waals surface area contributed by atoms with E-state index in [4.69, 9.17) is 20.5 Å². The number of nitrogens with two attached hydrogens (primary N) is 1. The zero-order valence-electron chi connectivity index (χ0n) is 23.2. The predicted molar refractivity (Wildman–Crippen MR) is 157 cm³/mol. The molecule has 0 saturated carbocycles. The van der Waals surface area contributed by atoms with Crippen molar-refractivity contribution in [3.63, 3.8) is 0 Å². The third kappa shape index (κ3) is 9.69. The number of carbonyl (C=O) groups excluding carboxylic acids is 3. The Bertz CT molecular complexity index is 1520. The van der Waals surface area contributed by atoms with Crippen molar-refractivity contribution in [2.45, 2.75) is 29.0 Å². The Balaban J connectivity index is 0.000000738. The van der Waals surface area contributed by atoms with Gasteiger partial charge in [0, 0.05) is 39.7 Å². The first-order chi connectivity index (χ1) is 21.6.